The van der Waals surface area contributed by atoms with E-state index in [1.807, 2.05) is 6.92 Å². The van der Waals surface area contributed by atoms with Gasteiger partial charge < -0.3 is 34.6 Å². The number of hydrogen-bond donors (Lipinski definition) is 3. The van der Waals surface area contributed by atoms with E-state index in [1.54, 1.807) is 12.1 Å². The lowest BCUT2D eigenvalue weighted by molar-refractivity contribution is -0.131. The molecule has 3 aromatic rings. The van der Waals surface area contributed by atoms with Crippen LogP contribution in [-0.2, 0) is 25.1 Å². The van der Waals surface area contributed by atoms with E-state index in [0.29, 0.717) is 35.9 Å². The molecule has 2 aliphatic carbocycles. The second-order valence-corrected chi connectivity index (χ2v) is 18.4. The summed E-state index contributed by atoms with van der Waals surface area (Å²) >= 11 is 6.45. The van der Waals surface area contributed by atoms with Gasteiger partial charge in [-0.25, -0.2) is 23.5 Å². The summed E-state index contributed by atoms with van der Waals surface area (Å²) in [5.41, 5.74) is -0.121. The summed E-state index contributed by atoms with van der Waals surface area (Å²) in [5, 5.41) is 4.87. The van der Waals surface area contributed by atoms with E-state index in [4.69, 9.17) is 25.8 Å². The Bertz CT molecular complexity index is 1950. The molecule has 1 aliphatic heterocycles. The van der Waals surface area contributed by atoms with Gasteiger partial charge in [0.15, 0.2) is 0 Å². The number of aromatic nitrogens is 2. The number of alkyl carbamates (subject to hydrolysis) is 1. The molecule has 2 unspecified atom stereocenters. The topological polar surface area (TPSA) is 169 Å². The third-order valence-electron chi connectivity index (χ3n) is 11.5. The Morgan fingerprint density at radius 1 is 1.09 bits per heavy atom. The fourth-order valence-corrected chi connectivity index (χ4v) is 11.0. The lowest BCUT2D eigenvalue weighted by Gasteiger charge is -2.29. The van der Waals surface area contributed by atoms with Gasteiger partial charge >= 0.3 is 6.09 Å². The van der Waals surface area contributed by atoms with Gasteiger partial charge in [0.2, 0.25) is 25.6 Å². The Hall–Kier alpha value is -4.07. The number of unbranched alkanes of at least 4 members (excludes halogenated alkanes) is 4. The highest BCUT2D eigenvalue weighted by molar-refractivity contribution is 7.59. The number of amides is 3. The number of carbonyl (C=O) groups excluding carboxylic acids is 3. The molecule has 6 atom stereocenters. The van der Waals surface area contributed by atoms with Crippen LogP contribution in [-0.4, -0.2) is 81.4 Å². The average molecular weight is 834 g/mol. The first-order valence-electron chi connectivity index (χ1n) is 19.7. The highest BCUT2D eigenvalue weighted by Gasteiger charge is 2.66. The summed E-state index contributed by atoms with van der Waals surface area (Å²) in [5.74, 6) is -2.37. The van der Waals surface area contributed by atoms with Crippen molar-refractivity contribution in [3.63, 3.8) is 0 Å². The van der Waals surface area contributed by atoms with Crippen molar-refractivity contribution in [2.24, 2.45) is 5.92 Å². The number of fused-ring (bicyclic) bond motifs is 1. The second-order valence-electron chi connectivity index (χ2n) is 15.5. The number of hydrogen-bond acceptors (Lipinski definition) is 9. The highest BCUT2D eigenvalue weighted by Crippen LogP contribution is 2.71. The molecule has 1 aromatic heterocycles. The Labute approximate surface area is 336 Å². The Morgan fingerprint density at radius 2 is 1.81 bits per heavy atom. The summed E-state index contributed by atoms with van der Waals surface area (Å²) < 4.78 is 60.7. The molecule has 0 bridgehead atoms. The molecule has 57 heavy (non-hydrogen) atoms. The zero-order chi connectivity index (χ0) is 40.7. The van der Waals surface area contributed by atoms with Crippen LogP contribution in [0.3, 0.4) is 0 Å². The van der Waals surface area contributed by atoms with E-state index in [-0.39, 0.29) is 48.5 Å². The molecule has 2 heterocycles. The lowest BCUT2D eigenvalue weighted by Crippen LogP contribution is -2.48. The standard InChI is InChI=1S/C40H51ClF2N5O8P/c1-25(46-39(51)56-27-13-8-9-14-27)11-6-4-3-5-7-12-26-20-40(26,57(52,53)22-30-31(42)15-10-16-32(30)43)47-37(50)33-19-28(21-48(33)24-49)55-38-29-17-18-34(54-2)35(41)36(29)44-23-45-38/h10,15-18,23-28,33H,3-9,11-14,19-22H2,1-2H3,(H,46,51)(H,47,50)(H,52,53)/t25-,26-,28?,33+,40+/m1/s1. The average Bonchev–Trinajstić information content (AvgIpc) is 3.44. The van der Waals surface area contributed by atoms with E-state index in [1.165, 1.54) is 24.4 Å². The molecule has 17 heteroatoms. The van der Waals surface area contributed by atoms with Gasteiger partial charge in [-0.1, -0.05) is 49.8 Å². The van der Waals surface area contributed by atoms with Crippen molar-refractivity contribution >= 4 is 48.3 Å². The number of ether oxygens (including phenoxy) is 3. The third-order valence-corrected chi connectivity index (χ3v) is 14.5. The van der Waals surface area contributed by atoms with Crippen molar-refractivity contribution in [2.45, 2.75) is 126 Å². The lowest BCUT2D eigenvalue weighted by atomic mass is 10.1. The van der Waals surface area contributed by atoms with E-state index in [0.717, 1.165) is 69.9 Å². The van der Waals surface area contributed by atoms with E-state index in [9.17, 15) is 32.6 Å². The number of halogens is 3. The van der Waals surface area contributed by atoms with Crippen LogP contribution in [0.1, 0.15) is 96.0 Å². The number of nitrogens with one attached hydrogen (secondary N) is 2. The predicted molar refractivity (Wildman–Crippen MR) is 209 cm³/mol. The molecule has 3 aliphatic rings. The van der Waals surface area contributed by atoms with Gasteiger partial charge in [-0.15, -0.1) is 0 Å². The number of rotatable bonds is 19. The molecule has 310 valence electrons. The SMILES string of the molecule is COc1ccc2c(OC3C[C@@H](C(=O)N[C@]4(P(=O)(O)Cc5c(F)cccc5F)C[C@H]4CCCCCCC[C@@H](C)NC(=O)OC4CCCC4)N(C=O)C3)ncnc2c1Cl. The summed E-state index contributed by atoms with van der Waals surface area (Å²) in [6.45, 7) is 1.99. The quantitative estimate of drug-likeness (QED) is 0.0620. The monoisotopic (exact) mass is 833 g/mol. The molecule has 6 rings (SSSR count). The van der Waals surface area contributed by atoms with Crippen LogP contribution in [0.4, 0.5) is 13.6 Å². The molecule has 3 N–H and O–H groups in total. The molecule has 3 fully saturated rings. The maximum atomic E-state index is 14.7. The molecule has 2 saturated carbocycles. The molecule has 13 nitrogen and oxygen atoms in total. The van der Waals surface area contributed by atoms with Crippen molar-refractivity contribution in [1.82, 2.24) is 25.5 Å². The molecular formula is C40H51ClF2N5O8P. The number of likely N-dealkylation sites (tertiary alicyclic amines) is 1. The van der Waals surface area contributed by atoms with Crippen LogP contribution in [0.5, 0.6) is 11.6 Å². The zero-order valence-electron chi connectivity index (χ0n) is 32.3. The second kappa shape index (κ2) is 18.7. The number of methoxy groups -OCH3 is 1. The smallest absolute Gasteiger partial charge is 0.407 e. The Morgan fingerprint density at radius 3 is 2.53 bits per heavy atom. The van der Waals surface area contributed by atoms with Crippen LogP contribution >= 0.6 is 19.0 Å². The summed E-state index contributed by atoms with van der Waals surface area (Å²) in [6, 6.07) is 5.51. The number of benzene rings is 2. The van der Waals surface area contributed by atoms with Crippen LogP contribution in [0, 0.1) is 17.6 Å². The minimum Gasteiger partial charge on any atom is -0.495 e. The van der Waals surface area contributed by atoms with Crippen LogP contribution < -0.4 is 20.1 Å². The third kappa shape index (κ3) is 9.97. The molecule has 2 aromatic carbocycles. The maximum Gasteiger partial charge on any atom is 0.407 e. The van der Waals surface area contributed by atoms with Crippen molar-refractivity contribution in [1.29, 1.82) is 0 Å². The van der Waals surface area contributed by atoms with Crippen molar-refractivity contribution < 1.29 is 46.8 Å². The van der Waals surface area contributed by atoms with Gasteiger partial charge in [0.25, 0.3) is 0 Å². The molecule has 0 spiro atoms. The fraction of sp³-hybridized carbons (Fsp3) is 0.575. The molecule has 0 radical (unpaired) electrons. The van der Waals surface area contributed by atoms with Crippen molar-refractivity contribution in [3.05, 3.63) is 58.9 Å². The zero-order valence-corrected chi connectivity index (χ0v) is 33.9. The fourth-order valence-electron chi connectivity index (χ4n) is 8.24. The van der Waals surface area contributed by atoms with Gasteiger partial charge in [-0.05, 0) is 82.1 Å². The first-order valence-corrected chi connectivity index (χ1v) is 22.0. The summed E-state index contributed by atoms with van der Waals surface area (Å²) in [4.78, 5) is 59.7. The predicted octanol–water partition coefficient (Wildman–Crippen LogP) is 7.64. The number of nitrogens with zero attached hydrogens (tertiary/aromatic N) is 3. The summed E-state index contributed by atoms with van der Waals surface area (Å²) in [6.07, 6.45) is 9.80. The highest BCUT2D eigenvalue weighted by atomic mass is 35.5. The van der Waals surface area contributed by atoms with E-state index in [2.05, 4.69) is 20.6 Å². The first kappa shape index (κ1) is 42.5. The normalized spacial score (nSPS) is 23.5. The van der Waals surface area contributed by atoms with E-state index < -0.39 is 60.0 Å². The van der Waals surface area contributed by atoms with Gasteiger partial charge in [0.05, 0.1) is 30.7 Å². The number of carbonyl (C=O) groups is 3. The summed E-state index contributed by atoms with van der Waals surface area (Å²) in [7, 11) is -3.00. The van der Waals surface area contributed by atoms with Crippen LogP contribution in [0.2, 0.25) is 5.02 Å². The van der Waals surface area contributed by atoms with Crippen molar-refractivity contribution in [3.8, 4) is 11.6 Å². The van der Waals surface area contributed by atoms with Gasteiger partial charge in [-0.3, -0.25) is 14.2 Å². The minimum absolute atomic E-state index is 0.0136. The largest absolute Gasteiger partial charge is 0.495 e. The van der Waals surface area contributed by atoms with Gasteiger partial charge in [0.1, 0.15) is 52.3 Å². The first-order chi connectivity index (χ1) is 27.4. The minimum atomic E-state index is -4.48. The Kier molecular flexibility index (Phi) is 13.9. The Balaban J connectivity index is 1.06. The molecule has 3 amide bonds. The van der Waals surface area contributed by atoms with Gasteiger partial charge in [-0.2, -0.15) is 0 Å². The van der Waals surface area contributed by atoms with Gasteiger partial charge in [0, 0.05) is 18.0 Å². The van der Waals surface area contributed by atoms with E-state index >= 15 is 0 Å². The van der Waals surface area contributed by atoms with Crippen LogP contribution in [0.25, 0.3) is 10.9 Å². The van der Waals surface area contributed by atoms with Crippen LogP contribution in [0.15, 0.2) is 36.7 Å². The molecule has 1 saturated heterocycles. The molecular weight excluding hydrogens is 783 g/mol. The van der Waals surface area contributed by atoms with Crippen molar-refractivity contribution in [2.75, 3.05) is 13.7 Å². The maximum absolute atomic E-state index is 14.7.